The van der Waals surface area contributed by atoms with Gasteiger partial charge in [0.2, 0.25) is 5.91 Å². The van der Waals surface area contributed by atoms with Crippen LogP contribution in [0, 0.1) is 5.82 Å². The Kier molecular flexibility index (Phi) is 5.71. The molecule has 2 aliphatic heterocycles. The first kappa shape index (κ1) is 18.3. The van der Waals surface area contributed by atoms with Crippen LogP contribution < -0.4 is 4.72 Å². The van der Waals surface area contributed by atoms with E-state index in [9.17, 15) is 17.6 Å². The fourth-order valence-electron chi connectivity index (χ4n) is 3.37. The number of amides is 1. The summed E-state index contributed by atoms with van der Waals surface area (Å²) in [6.07, 6.45) is 3.64. The molecule has 3 rings (SSSR count). The van der Waals surface area contributed by atoms with Crippen LogP contribution in [0.2, 0.25) is 0 Å². The molecule has 6 nitrogen and oxygen atoms in total. The number of hydrogen-bond donors (Lipinski definition) is 1. The molecular formula is C17H24FN3O3S. The van der Waals surface area contributed by atoms with Gasteiger partial charge in [-0.25, -0.2) is 4.39 Å². The zero-order valence-electron chi connectivity index (χ0n) is 14.2. The summed E-state index contributed by atoms with van der Waals surface area (Å²) in [5.41, 5.74) is 0.951. The molecule has 2 saturated heterocycles. The van der Waals surface area contributed by atoms with Crippen molar-refractivity contribution in [2.75, 3.05) is 26.2 Å². The maximum atomic E-state index is 12.9. The Morgan fingerprint density at radius 2 is 1.80 bits per heavy atom. The molecule has 138 valence electrons. The third-order valence-corrected chi connectivity index (χ3v) is 6.44. The van der Waals surface area contributed by atoms with E-state index in [4.69, 9.17) is 0 Å². The molecule has 2 aliphatic rings. The van der Waals surface area contributed by atoms with Crippen LogP contribution in [0.4, 0.5) is 4.39 Å². The average molecular weight is 369 g/mol. The first-order chi connectivity index (χ1) is 11.9. The van der Waals surface area contributed by atoms with Crippen molar-refractivity contribution in [3.05, 3.63) is 35.6 Å². The molecule has 0 aromatic heterocycles. The van der Waals surface area contributed by atoms with Crippen LogP contribution in [0.1, 0.15) is 31.2 Å². The number of benzene rings is 1. The van der Waals surface area contributed by atoms with Crippen LogP contribution in [0.15, 0.2) is 24.3 Å². The van der Waals surface area contributed by atoms with Gasteiger partial charge < -0.3 is 4.90 Å². The molecule has 1 aromatic carbocycles. The minimum atomic E-state index is -3.52. The number of nitrogens with one attached hydrogen (secondary N) is 1. The Morgan fingerprint density at radius 1 is 1.12 bits per heavy atom. The van der Waals surface area contributed by atoms with Gasteiger partial charge in [0.25, 0.3) is 10.2 Å². The summed E-state index contributed by atoms with van der Waals surface area (Å²) in [5.74, 6) is -0.332. The Labute approximate surface area is 148 Å². The fraction of sp³-hybridized carbons (Fsp3) is 0.588. The molecule has 0 radical (unpaired) electrons. The largest absolute Gasteiger partial charge is 0.341 e. The van der Waals surface area contributed by atoms with Gasteiger partial charge in [-0.2, -0.15) is 17.4 Å². The lowest BCUT2D eigenvalue weighted by Crippen LogP contribution is -2.48. The predicted octanol–water partition coefficient (Wildman–Crippen LogP) is 1.29. The van der Waals surface area contributed by atoms with Crippen molar-refractivity contribution in [1.82, 2.24) is 13.9 Å². The van der Waals surface area contributed by atoms with E-state index < -0.39 is 10.2 Å². The van der Waals surface area contributed by atoms with Crippen LogP contribution in [0.25, 0.3) is 0 Å². The lowest BCUT2D eigenvalue weighted by Gasteiger charge is -2.27. The lowest BCUT2D eigenvalue weighted by atomic mass is 10.1. The first-order valence-corrected chi connectivity index (χ1v) is 10.2. The van der Waals surface area contributed by atoms with Gasteiger partial charge in [-0.05, 0) is 37.0 Å². The van der Waals surface area contributed by atoms with Crippen molar-refractivity contribution in [1.29, 1.82) is 0 Å². The summed E-state index contributed by atoms with van der Waals surface area (Å²) >= 11 is 0. The van der Waals surface area contributed by atoms with Crippen molar-refractivity contribution < 1.29 is 17.6 Å². The van der Waals surface area contributed by atoms with Crippen molar-refractivity contribution in [2.45, 2.75) is 38.1 Å². The highest BCUT2D eigenvalue weighted by Crippen LogP contribution is 2.17. The molecule has 1 atom stereocenters. The minimum Gasteiger partial charge on any atom is -0.341 e. The number of piperidine rings is 1. The third kappa shape index (κ3) is 4.77. The topological polar surface area (TPSA) is 69.7 Å². The van der Waals surface area contributed by atoms with Crippen LogP contribution in [0.3, 0.4) is 0 Å². The van der Waals surface area contributed by atoms with Gasteiger partial charge in [0.1, 0.15) is 5.82 Å². The van der Waals surface area contributed by atoms with Gasteiger partial charge in [-0.1, -0.05) is 18.6 Å². The zero-order chi connectivity index (χ0) is 17.9. The Hall–Kier alpha value is -1.51. The monoisotopic (exact) mass is 369 g/mol. The highest BCUT2D eigenvalue weighted by molar-refractivity contribution is 7.87. The maximum absolute atomic E-state index is 12.9. The molecule has 1 unspecified atom stereocenters. The first-order valence-electron chi connectivity index (χ1n) is 8.74. The van der Waals surface area contributed by atoms with Crippen LogP contribution in [0.5, 0.6) is 0 Å². The molecule has 0 saturated carbocycles. The van der Waals surface area contributed by atoms with E-state index in [2.05, 4.69) is 4.72 Å². The highest BCUT2D eigenvalue weighted by atomic mass is 32.2. The summed E-state index contributed by atoms with van der Waals surface area (Å²) in [5, 5.41) is 0. The summed E-state index contributed by atoms with van der Waals surface area (Å²) in [6.45, 7) is 1.98. The van der Waals surface area contributed by atoms with Crippen molar-refractivity contribution >= 4 is 16.1 Å². The number of nitrogens with zero attached hydrogens (tertiary/aromatic N) is 2. The zero-order valence-corrected chi connectivity index (χ0v) is 15.0. The maximum Gasteiger partial charge on any atom is 0.279 e. The van der Waals surface area contributed by atoms with Gasteiger partial charge in [-0.15, -0.1) is 0 Å². The van der Waals surface area contributed by atoms with E-state index in [0.717, 1.165) is 24.8 Å². The van der Waals surface area contributed by atoms with E-state index in [0.29, 0.717) is 32.6 Å². The van der Waals surface area contributed by atoms with Crippen molar-refractivity contribution in [3.8, 4) is 0 Å². The van der Waals surface area contributed by atoms with E-state index in [1.807, 2.05) is 0 Å². The molecule has 1 aromatic rings. The van der Waals surface area contributed by atoms with Crippen molar-refractivity contribution in [3.63, 3.8) is 0 Å². The molecule has 2 fully saturated rings. The second kappa shape index (κ2) is 7.80. The number of carbonyl (C=O) groups excluding carboxylic acids is 1. The fourth-order valence-corrected chi connectivity index (χ4v) is 4.84. The SMILES string of the molecule is O=C1CC(NS(=O)(=O)N2CCCCC2)CN1CCc1ccc(F)cc1. The highest BCUT2D eigenvalue weighted by Gasteiger charge is 2.34. The third-order valence-electron chi connectivity index (χ3n) is 4.77. The molecule has 1 N–H and O–H groups in total. The summed E-state index contributed by atoms with van der Waals surface area (Å²) in [7, 11) is -3.52. The Bertz CT molecular complexity index is 702. The molecule has 1 amide bonds. The van der Waals surface area contributed by atoms with Crippen LogP contribution in [-0.4, -0.2) is 55.8 Å². The quantitative estimate of drug-likeness (QED) is 0.821. The molecular weight excluding hydrogens is 345 g/mol. The Morgan fingerprint density at radius 3 is 2.48 bits per heavy atom. The predicted molar refractivity (Wildman–Crippen MR) is 92.6 cm³/mol. The van der Waals surface area contributed by atoms with Gasteiger partial charge in [0.05, 0.1) is 0 Å². The van der Waals surface area contributed by atoms with Crippen LogP contribution >= 0.6 is 0 Å². The van der Waals surface area contributed by atoms with E-state index in [1.54, 1.807) is 17.0 Å². The molecule has 0 spiro atoms. The number of likely N-dealkylation sites (tertiary alicyclic amines) is 1. The number of hydrogen-bond acceptors (Lipinski definition) is 3. The smallest absolute Gasteiger partial charge is 0.279 e. The van der Waals surface area contributed by atoms with Crippen LogP contribution in [-0.2, 0) is 21.4 Å². The molecule has 0 bridgehead atoms. The number of carbonyl (C=O) groups is 1. The summed E-state index contributed by atoms with van der Waals surface area (Å²) < 4.78 is 41.9. The summed E-state index contributed by atoms with van der Waals surface area (Å²) in [4.78, 5) is 13.8. The second-order valence-corrected chi connectivity index (χ2v) is 8.40. The van der Waals surface area contributed by atoms with E-state index in [-0.39, 0.29) is 24.2 Å². The van der Waals surface area contributed by atoms with Gasteiger partial charge in [-0.3, -0.25) is 4.79 Å². The normalized spacial score (nSPS) is 22.5. The van der Waals surface area contributed by atoms with Gasteiger partial charge in [0.15, 0.2) is 0 Å². The standard InChI is InChI=1S/C17H24FN3O3S/c18-15-6-4-14(5-7-15)8-11-20-13-16(12-17(20)22)19-25(23,24)21-9-2-1-3-10-21/h4-7,16,19H,1-3,8-13H2. The minimum absolute atomic E-state index is 0.0477. The van der Waals surface area contributed by atoms with E-state index in [1.165, 1.54) is 16.4 Å². The molecule has 25 heavy (non-hydrogen) atoms. The number of rotatable bonds is 6. The Balaban J connectivity index is 1.52. The van der Waals surface area contributed by atoms with Crippen molar-refractivity contribution in [2.24, 2.45) is 0 Å². The molecule has 0 aliphatic carbocycles. The van der Waals surface area contributed by atoms with Gasteiger partial charge in [0, 0.05) is 38.6 Å². The molecule has 8 heteroatoms. The van der Waals surface area contributed by atoms with E-state index >= 15 is 0 Å². The molecule has 2 heterocycles. The van der Waals surface area contributed by atoms with Gasteiger partial charge >= 0.3 is 0 Å². The second-order valence-electron chi connectivity index (χ2n) is 6.70. The lowest BCUT2D eigenvalue weighted by molar-refractivity contribution is -0.127. The number of halogens is 1. The average Bonchev–Trinajstić information content (AvgIpc) is 2.94. The summed E-state index contributed by atoms with van der Waals surface area (Å²) in [6, 6.07) is 5.82.